The third-order valence-corrected chi connectivity index (χ3v) is 9.44. The minimum atomic E-state index is -4.53. The van der Waals surface area contributed by atoms with E-state index >= 15 is 0 Å². The fourth-order valence-corrected chi connectivity index (χ4v) is 7.21. The lowest BCUT2D eigenvalue weighted by Crippen LogP contribution is -2.43. The largest absolute Gasteiger partial charge is 0.697 e. The molecule has 216 valence electrons. The molecule has 4 aromatic rings. The van der Waals surface area contributed by atoms with Gasteiger partial charge < -0.3 is 25.7 Å². The van der Waals surface area contributed by atoms with Crippen molar-refractivity contribution in [2.45, 2.75) is 37.3 Å². The van der Waals surface area contributed by atoms with E-state index in [0.29, 0.717) is 28.7 Å². The van der Waals surface area contributed by atoms with Crippen LogP contribution in [0.3, 0.4) is 0 Å². The molecular weight excluding hydrogens is 582 g/mol. The Morgan fingerprint density at radius 1 is 0.878 bits per heavy atom. The van der Waals surface area contributed by atoms with Gasteiger partial charge in [0, 0.05) is 22.9 Å². The highest BCUT2D eigenvalue weighted by atomic mass is 31.2. The Kier molecular flexibility index (Phi) is 6.67. The molecule has 0 radical (unpaired) electrons. The number of imidazole rings is 2. The number of nitrogen functional groups attached to an aromatic ring is 2. The minimum absolute atomic E-state index is 0.0322. The SMILES string of the molecule is Nc1ncnc2c1ncn2[C@@H]1C[C@@H]2COP(=O)(O)O[C@H]3C[C@H](n4cnc5c(N)ncnc54)O[C@@H]3CO[P+](=O)OC[C@H]21. The second-order valence-corrected chi connectivity index (χ2v) is 12.4. The number of anilines is 2. The van der Waals surface area contributed by atoms with Crippen LogP contribution in [0.1, 0.15) is 25.1 Å². The van der Waals surface area contributed by atoms with Gasteiger partial charge in [-0.2, -0.15) is 0 Å². The lowest BCUT2D eigenvalue weighted by molar-refractivity contribution is -0.0396. The number of fused-ring (bicyclic) bond motifs is 4. The van der Waals surface area contributed by atoms with Crippen LogP contribution in [0.25, 0.3) is 22.3 Å². The molecule has 7 rings (SSSR count). The Balaban J connectivity index is 1.10. The van der Waals surface area contributed by atoms with Crippen LogP contribution in [-0.4, -0.2) is 76.0 Å². The highest BCUT2D eigenvalue weighted by Crippen LogP contribution is 2.53. The van der Waals surface area contributed by atoms with Gasteiger partial charge in [0.1, 0.15) is 55.3 Å². The predicted molar refractivity (Wildman–Crippen MR) is 139 cm³/mol. The Hall–Kier alpha value is -3.21. The zero-order chi connectivity index (χ0) is 28.3. The van der Waals surface area contributed by atoms with Crippen LogP contribution >= 0.6 is 16.1 Å². The topological polar surface area (TPSA) is 240 Å². The standard InChI is InChI=1S/C21H24N10O8P2/c22-18-16-20(26-6-24-18)30(8-28-16)12-1-10-3-37-41(33,34)39-13-2-15(31-9-29-17-19(23)25-7-27-21(17)31)38-14(13)5-36-40(32)35-4-11(10)12/h6-15H,1-5H2,(H4-,22,23,24,25,26,27,33,34)/p+1/t10-,11-,12-,13+,14-,15-/m1/s1. The Morgan fingerprint density at radius 3 is 2.27 bits per heavy atom. The maximum Gasteiger partial charge on any atom is 0.697 e. The van der Waals surface area contributed by atoms with Gasteiger partial charge in [-0.25, -0.2) is 34.5 Å². The average Bonchev–Trinajstić information content (AvgIpc) is 3.64. The van der Waals surface area contributed by atoms with Crippen LogP contribution in [0.15, 0.2) is 25.3 Å². The summed E-state index contributed by atoms with van der Waals surface area (Å²) in [6, 6.07) is -0.165. The summed E-state index contributed by atoms with van der Waals surface area (Å²) < 4.78 is 57.3. The molecule has 2 aliphatic heterocycles. The molecule has 6 heterocycles. The molecular formula is C21H25N10O8P2+. The van der Waals surface area contributed by atoms with E-state index in [1.165, 1.54) is 19.0 Å². The first-order valence-electron chi connectivity index (χ1n) is 12.7. The first kappa shape index (κ1) is 26.7. The van der Waals surface area contributed by atoms with E-state index in [1.807, 2.05) is 4.57 Å². The summed E-state index contributed by atoms with van der Waals surface area (Å²) in [7, 11) is -7.07. The monoisotopic (exact) mass is 607 g/mol. The number of hydrogen-bond donors (Lipinski definition) is 3. The molecule has 18 nitrogen and oxygen atoms in total. The molecule has 4 aromatic heterocycles. The summed E-state index contributed by atoms with van der Waals surface area (Å²) in [6.45, 7) is -0.297. The average molecular weight is 607 g/mol. The summed E-state index contributed by atoms with van der Waals surface area (Å²) in [5, 5.41) is 0. The van der Waals surface area contributed by atoms with Gasteiger partial charge in [0.2, 0.25) is 0 Å². The lowest BCUT2D eigenvalue weighted by atomic mass is 9.70. The third-order valence-electron chi connectivity index (χ3n) is 7.70. The zero-order valence-corrected chi connectivity index (χ0v) is 23.0. The normalized spacial score (nSPS) is 33.8. The summed E-state index contributed by atoms with van der Waals surface area (Å²) in [5.74, 6) is -0.0132. The summed E-state index contributed by atoms with van der Waals surface area (Å²) in [5.41, 5.74) is 13.6. The number of ether oxygens (including phenoxy) is 1. The molecule has 3 fully saturated rings. The van der Waals surface area contributed by atoms with Crippen molar-refractivity contribution >= 4 is 50.0 Å². The molecule has 0 spiro atoms. The predicted octanol–water partition coefficient (Wildman–Crippen LogP) is 1.50. The number of rotatable bonds is 2. The molecule has 41 heavy (non-hydrogen) atoms. The van der Waals surface area contributed by atoms with Crippen molar-refractivity contribution < 1.29 is 36.9 Å². The van der Waals surface area contributed by atoms with Crippen LogP contribution in [0.4, 0.5) is 11.6 Å². The van der Waals surface area contributed by atoms with Gasteiger partial charge in [0.15, 0.2) is 22.9 Å². The van der Waals surface area contributed by atoms with Gasteiger partial charge in [-0.1, -0.05) is 0 Å². The van der Waals surface area contributed by atoms with Crippen LogP contribution < -0.4 is 11.5 Å². The second-order valence-electron chi connectivity index (χ2n) is 9.98. The summed E-state index contributed by atoms with van der Waals surface area (Å²) in [6.07, 6.45) is 3.90. The highest BCUT2D eigenvalue weighted by Gasteiger charge is 2.49. The molecule has 0 aromatic carbocycles. The minimum Gasteiger partial charge on any atom is -0.382 e. The summed E-state index contributed by atoms with van der Waals surface area (Å²) >= 11 is 0. The number of phosphoric ester groups is 1. The van der Waals surface area contributed by atoms with E-state index in [9.17, 15) is 14.0 Å². The van der Waals surface area contributed by atoms with Crippen LogP contribution in [0, 0.1) is 11.8 Å². The number of aromatic nitrogens is 8. The van der Waals surface area contributed by atoms with Crippen molar-refractivity contribution in [2.75, 3.05) is 31.3 Å². The molecule has 3 aliphatic rings. The Morgan fingerprint density at radius 2 is 1.54 bits per heavy atom. The second kappa shape index (κ2) is 10.3. The first-order chi connectivity index (χ1) is 19.8. The van der Waals surface area contributed by atoms with Crippen molar-refractivity contribution in [1.82, 2.24) is 39.0 Å². The smallest absolute Gasteiger partial charge is 0.382 e. The molecule has 20 heteroatoms. The maximum atomic E-state index is 13.0. The van der Waals surface area contributed by atoms with Crippen molar-refractivity contribution in [2.24, 2.45) is 11.8 Å². The first-order valence-corrected chi connectivity index (χ1v) is 15.3. The van der Waals surface area contributed by atoms with Gasteiger partial charge in [-0.05, 0) is 12.3 Å². The molecule has 0 amide bonds. The Bertz CT molecular complexity index is 1680. The van der Waals surface area contributed by atoms with Crippen molar-refractivity contribution in [3.05, 3.63) is 25.3 Å². The van der Waals surface area contributed by atoms with E-state index in [-0.39, 0.29) is 55.8 Å². The van der Waals surface area contributed by atoms with Gasteiger partial charge in [-0.15, -0.1) is 9.05 Å². The molecule has 1 aliphatic carbocycles. The van der Waals surface area contributed by atoms with Crippen molar-refractivity contribution in [3.8, 4) is 0 Å². The lowest BCUT2D eigenvalue weighted by Gasteiger charge is -2.44. The number of nitrogens with zero attached hydrogens (tertiary/aromatic N) is 8. The zero-order valence-electron chi connectivity index (χ0n) is 21.2. The third kappa shape index (κ3) is 4.85. The fraction of sp³-hybridized carbons (Fsp3) is 0.524. The van der Waals surface area contributed by atoms with Crippen LogP contribution in [-0.2, 0) is 32.0 Å². The van der Waals surface area contributed by atoms with E-state index in [4.69, 9.17) is 34.3 Å². The van der Waals surface area contributed by atoms with E-state index in [1.54, 1.807) is 10.9 Å². The number of hydrogen-bond acceptors (Lipinski definition) is 15. The van der Waals surface area contributed by atoms with Gasteiger partial charge >= 0.3 is 16.1 Å². The maximum absolute atomic E-state index is 13.0. The van der Waals surface area contributed by atoms with E-state index in [2.05, 4.69) is 29.9 Å². The van der Waals surface area contributed by atoms with Crippen LogP contribution in [0.2, 0.25) is 0 Å². The molecule has 8 atom stereocenters. The quantitative estimate of drug-likeness (QED) is 0.273. The van der Waals surface area contributed by atoms with Gasteiger partial charge in [0.05, 0.1) is 19.3 Å². The molecule has 2 saturated heterocycles. The Labute approximate surface area is 231 Å². The van der Waals surface area contributed by atoms with E-state index < -0.39 is 34.5 Å². The fourth-order valence-electron chi connectivity index (χ4n) is 5.57. The van der Waals surface area contributed by atoms with E-state index in [0.717, 1.165) is 0 Å². The highest BCUT2D eigenvalue weighted by molar-refractivity contribution is 7.47. The molecule has 0 bridgehead atoms. The summed E-state index contributed by atoms with van der Waals surface area (Å²) in [4.78, 5) is 35.6. The number of phosphoric acid groups is 1. The molecule has 1 saturated carbocycles. The van der Waals surface area contributed by atoms with Crippen molar-refractivity contribution in [3.63, 3.8) is 0 Å². The molecule has 5 N–H and O–H groups in total. The molecule has 2 unspecified atom stereocenters. The van der Waals surface area contributed by atoms with Gasteiger partial charge in [0.25, 0.3) is 0 Å². The number of nitrogens with two attached hydrogens (primary N) is 2. The van der Waals surface area contributed by atoms with Gasteiger partial charge in [-0.3, -0.25) is 13.6 Å². The van der Waals surface area contributed by atoms with Crippen LogP contribution in [0.5, 0.6) is 0 Å². The van der Waals surface area contributed by atoms with Crippen molar-refractivity contribution in [1.29, 1.82) is 0 Å².